The SMILES string of the molecule is CCCC(O)(CCC)CNC(=O)c1ccc(-c2n[nH]c(C)n2)cc1. The minimum atomic E-state index is -0.824. The average Bonchev–Trinajstić information content (AvgIpc) is 3.00. The van der Waals surface area contributed by atoms with E-state index in [1.807, 2.05) is 32.9 Å². The van der Waals surface area contributed by atoms with Gasteiger partial charge in [0.1, 0.15) is 5.82 Å². The molecule has 24 heavy (non-hydrogen) atoms. The summed E-state index contributed by atoms with van der Waals surface area (Å²) in [5, 5.41) is 20.3. The molecule has 1 heterocycles. The molecule has 1 aromatic heterocycles. The van der Waals surface area contributed by atoms with E-state index in [9.17, 15) is 9.90 Å². The normalized spacial score (nSPS) is 11.5. The summed E-state index contributed by atoms with van der Waals surface area (Å²) in [6, 6.07) is 7.13. The molecule has 0 bridgehead atoms. The maximum atomic E-state index is 12.3. The van der Waals surface area contributed by atoms with Crippen LogP contribution in [0.4, 0.5) is 0 Å². The van der Waals surface area contributed by atoms with Crippen LogP contribution in [0.15, 0.2) is 24.3 Å². The van der Waals surface area contributed by atoms with E-state index in [1.54, 1.807) is 12.1 Å². The summed E-state index contributed by atoms with van der Waals surface area (Å²) >= 11 is 0. The lowest BCUT2D eigenvalue weighted by Crippen LogP contribution is -2.42. The molecule has 0 aliphatic rings. The van der Waals surface area contributed by atoms with Gasteiger partial charge in [-0.3, -0.25) is 9.89 Å². The molecule has 2 aromatic rings. The van der Waals surface area contributed by atoms with Gasteiger partial charge >= 0.3 is 0 Å². The fourth-order valence-electron chi connectivity index (χ4n) is 2.82. The molecule has 0 fully saturated rings. The van der Waals surface area contributed by atoms with Crippen molar-refractivity contribution in [2.45, 2.75) is 52.1 Å². The van der Waals surface area contributed by atoms with Gasteiger partial charge in [0.25, 0.3) is 5.91 Å². The molecule has 130 valence electrons. The molecule has 0 atom stereocenters. The average molecular weight is 330 g/mol. The molecule has 0 unspecified atom stereocenters. The van der Waals surface area contributed by atoms with Crippen molar-refractivity contribution >= 4 is 5.91 Å². The van der Waals surface area contributed by atoms with Crippen molar-refractivity contribution in [3.63, 3.8) is 0 Å². The first-order chi connectivity index (χ1) is 11.5. The third-order valence-corrected chi connectivity index (χ3v) is 4.01. The van der Waals surface area contributed by atoms with Crippen molar-refractivity contribution < 1.29 is 9.90 Å². The van der Waals surface area contributed by atoms with Crippen molar-refractivity contribution in [3.05, 3.63) is 35.7 Å². The number of H-pyrrole nitrogens is 1. The monoisotopic (exact) mass is 330 g/mol. The van der Waals surface area contributed by atoms with E-state index < -0.39 is 5.60 Å². The fraction of sp³-hybridized carbons (Fsp3) is 0.500. The zero-order chi connectivity index (χ0) is 17.6. The Labute approximate surface area is 142 Å². The van der Waals surface area contributed by atoms with Gasteiger partial charge in [0.05, 0.1) is 5.60 Å². The quantitative estimate of drug-likeness (QED) is 0.694. The summed E-state index contributed by atoms with van der Waals surface area (Å²) in [6.45, 7) is 6.18. The molecule has 6 nitrogen and oxygen atoms in total. The van der Waals surface area contributed by atoms with Gasteiger partial charge in [0.2, 0.25) is 0 Å². The van der Waals surface area contributed by atoms with Crippen LogP contribution >= 0.6 is 0 Å². The molecule has 6 heteroatoms. The van der Waals surface area contributed by atoms with Gasteiger partial charge in [-0.1, -0.05) is 38.8 Å². The number of nitrogens with zero attached hydrogens (tertiary/aromatic N) is 2. The molecule has 0 aliphatic carbocycles. The highest BCUT2D eigenvalue weighted by molar-refractivity contribution is 5.94. The zero-order valence-corrected chi connectivity index (χ0v) is 14.6. The number of hydrogen-bond acceptors (Lipinski definition) is 4. The van der Waals surface area contributed by atoms with Gasteiger partial charge in [-0.15, -0.1) is 0 Å². The first kappa shape index (κ1) is 18.1. The predicted molar refractivity (Wildman–Crippen MR) is 93.7 cm³/mol. The van der Waals surface area contributed by atoms with Crippen molar-refractivity contribution in [3.8, 4) is 11.4 Å². The standard InChI is InChI=1S/C18H26N4O2/c1-4-10-18(24,11-5-2)12-19-17(23)15-8-6-14(7-9-15)16-20-13(3)21-22-16/h6-9,24H,4-5,10-12H2,1-3H3,(H,19,23)(H,20,21,22). The van der Waals surface area contributed by atoms with Crippen molar-refractivity contribution in [2.24, 2.45) is 0 Å². The summed E-state index contributed by atoms with van der Waals surface area (Å²) in [5.41, 5.74) is 0.584. The van der Waals surface area contributed by atoms with Crippen molar-refractivity contribution in [1.82, 2.24) is 20.5 Å². The minimum absolute atomic E-state index is 0.182. The molecule has 0 spiro atoms. The van der Waals surface area contributed by atoms with E-state index in [4.69, 9.17) is 0 Å². The van der Waals surface area contributed by atoms with E-state index in [1.165, 1.54) is 0 Å². The highest BCUT2D eigenvalue weighted by Crippen LogP contribution is 2.19. The predicted octanol–water partition coefficient (Wildman–Crippen LogP) is 2.84. The van der Waals surface area contributed by atoms with Crippen LogP contribution in [-0.2, 0) is 0 Å². The maximum Gasteiger partial charge on any atom is 0.251 e. The van der Waals surface area contributed by atoms with Gasteiger partial charge in [-0.25, -0.2) is 4.98 Å². The second-order valence-corrected chi connectivity index (χ2v) is 6.23. The lowest BCUT2D eigenvalue weighted by molar-refractivity contribution is 0.0213. The third kappa shape index (κ3) is 4.64. The van der Waals surface area contributed by atoms with E-state index in [0.717, 1.165) is 24.2 Å². The number of hydrogen-bond donors (Lipinski definition) is 3. The lowest BCUT2D eigenvalue weighted by Gasteiger charge is -2.27. The summed E-state index contributed by atoms with van der Waals surface area (Å²) < 4.78 is 0. The summed E-state index contributed by atoms with van der Waals surface area (Å²) in [6.07, 6.45) is 3.14. The van der Waals surface area contributed by atoms with Crippen LogP contribution in [0.1, 0.15) is 55.7 Å². The van der Waals surface area contributed by atoms with E-state index in [2.05, 4.69) is 20.5 Å². The highest BCUT2D eigenvalue weighted by Gasteiger charge is 2.25. The Morgan fingerprint density at radius 1 is 1.21 bits per heavy atom. The van der Waals surface area contributed by atoms with Gasteiger partial charge in [-0.2, -0.15) is 5.10 Å². The van der Waals surface area contributed by atoms with Crippen LogP contribution in [0.5, 0.6) is 0 Å². The van der Waals surface area contributed by atoms with Gasteiger partial charge in [-0.05, 0) is 31.9 Å². The first-order valence-electron chi connectivity index (χ1n) is 8.47. The Morgan fingerprint density at radius 3 is 2.33 bits per heavy atom. The van der Waals surface area contributed by atoms with Crippen LogP contribution in [0.25, 0.3) is 11.4 Å². The number of aromatic nitrogens is 3. The summed E-state index contributed by atoms with van der Waals surface area (Å²) in [5.74, 6) is 1.18. The highest BCUT2D eigenvalue weighted by atomic mass is 16.3. The number of aromatic amines is 1. The van der Waals surface area contributed by atoms with Crippen LogP contribution < -0.4 is 5.32 Å². The zero-order valence-electron chi connectivity index (χ0n) is 14.6. The summed E-state index contributed by atoms with van der Waals surface area (Å²) in [7, 11) is 0. The van der Waals surface area contributed by atoms with Gasteiger partial charge in [0.15, 0.2) is 5.82 Å². The molecule has 0 aliphatic heterocycles. The molecular weight excluding hydrogens is 304 g/mol. The Hall–Kier alpha value is -2.21. The van der Waals surface area contributed by atoms with Crippen molar-refractivity contribution in [2.75, 3.05) is 6.54 Å². The Bertz CT molecular complexity index is 658. The number of carbonyl (C=O) groups is 1. The smallest absolute Gasteiger partial charge is 0.251 e. The number of aryl methyl sites for hydroxylation is 1. The second kappa shape index (κ2) is 8.06. The largest absolute Gasteiger partial charge is 0.388 e. The van der Waals surface area contributed by atoms with Crippen molar-refractivity contribution in [1.29, 1.82) is 0 Å². The first-order valence-corrected chi connectivity index (χ1v) is 8.47. The Kier molecular flexibility index (Phi) is 6.09. The minimum Gasteiger partial charge on any atom is -0.388 e. The molecule has 3 N–H and O–H groups in total. The van der Waals surface area contributed by atoms with E-state index in [-0.39, 0.29) is 12.5 Å². The maximum absolute atomic E-state index is 12.3. The molecule has 1 aromatic carbocycles. The molecular formula is C18H26N4O2. The topological polar surface area (TPSA) is 90.9 Å². The Morgan fingerprint density at radius 2 is 1.83 bits per heavy atom. The van der Waals surface area contributed by atoms with Crippen LogP contribution in [-0.4, -0.2) is 38.3 Å². The third-order valence-electron chi connectivity index (χ3n) is 4.01. The van der Waals surface area contributed by atoms with Crippen LogP contribution in [0, 0.1) is 6.92 Å². The van der Waals surface area contributed by atoms with Crippen LogP contribution in [0.3, 0.4) is 0 Å². The van der Waals surface area contributed by atoms with Gasteiger partial charge in [0, 0.05) is 17.7 Å². The number of amides is 1. The second-order valence-electron chi connectivity index (χ2n) is 6.23. The van der Waals surface area contributed by atoms with Gasteiger partial charge < -0.3 is 10.4 Å². The summed E-state index contributed by atoms with van der Waals surface area (Å²) in [4.78, 5) is 16.6. The lowest BCUT2D eigenvalue weighted by atomic mass is 9.92. The van der Waals surface area contributed by atoms with E-state index >= 15 is 0 Å². The molecule has 0 saturated heterocycles. The molecule has 2 rings (SSSR count). The van der Waals surface area contributed by atoms with Crippen LogP contribution in [0.2, 0.25) is 0 Å². The number of carbonyl (C=O) groups excluding carboxylic acids is 1. The fourth-order valence-corrected chi connectivity index (χ4v) is 2.82. The molecule has 0 saturated carbocycles. The number of aliphatic hydroxyl groups is 1. The number of nitrogens with one attached hydrogen (secondary N) is 2. The number of rotatable bonds is 8. The molecule has 1 amide bonds. The van der Waals surface area contributed by atoms with E-state index in [0.29, 0.717) is 24.2 Å². The molecule has 0 radical (unpaired) electrons. The Balaban J connectivity index is 1.99. The number of benzene rings is 1.